The van der Waals surface area contributed by atoms with E-state index < -0.39 is 17.2 Å². The normalized spacial score (nSPS) is 12.3. The highest BCUT2D eigenvalue weighted by atomic mass is 32.2. The Balaban J connectivity index is 1.95. The van der Waals surface area contributed by atoms with Gasteiger partial charge in [-0.2, -0.15) is 4.98 Å². The maximum absolute atomic E-state index is 12.0. The number of thioether (sulfide) groups is 1. The summed E-state index contributed by atoms with van der Waals surface area (Å²) in [5, 5.41) is 6.80. The number of aromatic nitrogens is 2. The van der Waals surface area contributed by atoms with E-state index in [0.29, 0.717) is 23.4 Å². The zero-order valence-electron chi connectivity index (χ0n) is 17.1. The lowest BCUT2D eigenvalue weighted by molar-refractivity contribution is 0.0465. The van der Waals surface area contributed by atoms with Gasteiger partial charge in [-0.1, -0.05) is 31.1 Å². The zero-order valence-corrected chi connectivity index (χ0v) is 17.9. The Bertz CT molecular complexity index is 762. The third-order valence-electron chi connectivity index (χ3n) is 3.75. The van der Waals surface area contributed by atoms with Crippen LogP contribution in [-0.2, 0) is 16.0 Å². The first-order valence-corrected chi connectivity index (χ1v) is 10.0. The Morgan fingerprint density at radius 3 is 2.37 bits per heavy atom. The minimum Gasteiger partial charge on any atom is -0.444 e. The second-order valence-corrected chi connectivity index (χ2v) is 9.32. The van der Waals surface area contributed by atoms with Crippen molar-refractivity contribution in [3.05, 3.63) is 41.5 Å². The number of benzene rings is 1. The molecule has 1 amide bonds. The SMILES string of the molecule is CC(C)c1ccc(SCc2nc(C(C)(C)NC(=O)OC(C)(C)C)no2)cc1. The zero-order chi connectivity index (χ0) is 20.2. The van der Waals surface area contributed by atoms with Crippen molar-refractivity contribution in [2.24, 2.45) is 0 Å². The van der Waals surface area contributed by atoms with Crippen LogP contribution in [0.1, 0.15) is 71.7 Å². The van der Waals surface area contributed by atoms with Crippen molar-refractivity contribution >= 4 is 17.9 Å². The van der Waals surface area contributed by atoms with Gasteiger partial charge in [0.05, 0.1) is 5.75 Å². The summed E-state index contributed by atoms with van der Waals surface area (Å²) in [4.78, 5) is 17.6. The van der Waals surface area contributed by atoms with Gasteiger partial charge < -0.3 is 14.6 Å². The molecule has 1 N–H and O–H groups in total. The van der Waals surface area contributed by atoms with Crippen LogP contribution in [0.15, 0.2) is 33.7 Å². The summed E-state index contributed by atoms with van der Waals surface area (Å²) >= 11 is 1.63. The van der Waals surface area contributed by atoms with Gasteiger partial charge in [-0.05, 0) is 58.2 Å². The molecule has 1 aromatic heterocycles. The van der Waals surface area contributed by atoms with Crippen LogP contribution < -0.4 is 5.32 Å². The fourth-order valence-corrected chi connectivity index (χ4v) is 3.01. The third kappa shape index (κ3) is 6.57. The molecule has 1 aromatic carbocycles. The van der Waals surface area contributed by atoms with Gasteiger partial charge in [-0.3, -0.25) is 0 Å². The molecule has 0 saturated carbocycles. The van der Waals surface area contributed by atoms with Gasteiger partial charge in [-0.25, -0.2) is 4.79 Å². The highest BCUT2D eigenvalue weighted by Crippen LogP contribution is 2.25. The average molecular weight is 392 g/mol. The Labute approximate surface area is 165 Å². The first-order chi connectivity index (χ1) is 12.5. The maximum atomic E-state index is 12.0. The molecule has 7 heteroatoms. The number of ether oxygens (including phenoxy) is 1. The van der Waals surface area contributed by atoms with E-state index in [-0.39, 0.29) is 0 Å². The van der Waals surface area contributed by atoms with E-state index in [2.05, 4.69) is 53.6 Å². The van der Waals surface area contributed by atoms with Gasteiger partial charge in [0.1, 0.15) is 11.1 Å². The number of carbonyl (C=O) groups is 1. The molecule has 0 radical (unpaired) electrons. The summed E-state index contributed by atoms with van der Waals surface area (Å²) in [7, 11) is 0. The number of hydrogen-bond acceptors (Lipinski definition) is 6. The number of alkyl carbamates (subject to hydrolysis) is 1. The maximum Gasteiger partial charge on any atom is 0.408 e. The molecule has 0 aliphatic carbocycles. The first-order valence-electron chi connectivity index (χ1n) is 9.03. The minimum absolute atomic E-state index is 0.416. The molecule has 0 atom stereocenters. The van der Waals surface area contributed by atoms with E-state index in [4.69, 9.17) is 9.26 Å². The monoisotopic (exact) mass is 391 g/mol. The second kappa shape index (κ2) is 8.33. The Hall–Kier alpha value is -2.02. The third-order valence-corrected chi connectivity index (χ3v) is 4.75. The summed E-state index contributed by atoms with van der Waals surface area (Å²) in [6.07, 6.45) is -0.515. The van der Waals surface area contributed by atoms with Crippen LogP contribution in [0.5, 0.6) is 0 Å². The molecule has 2 aromatic rings. The molecule has 0 spiro atoms. The molecule has 0 aliphatic rings. The fraction of sp³-hybridized carbons (Fsp3) is 0.550. The molecule has 2 rings (SSSR count). The summed E-state index contributed by atoms with van der Waals surface area (Å²) in [6, 6.07) is 8.48. The Morgan fingerprint density at radius 1 is 1.19 bits per heavy atom. The van der Waals surface area contributed by atoms with Crippen molar-refractivity contribution in [2.75, 3.05) is 0 Å². The van der Waals surface area contributed by atoms with Crippen molar-refractivity contribution < 1.29 is 14.1 Å². The van der Waals surface area contributed by atoms with Crippen molar-refractivity contribution in [3.8, 4) is 0 Å². The van der Waals surface area contributed by atoms with Crippen LogP contribution in [0.3, 0.4) is 0 Å². The van der Waals surface area contributed by atoms with Gasteiger partial charge in [0.2, 0.25) is 5.89 Å². The van der Waals surface area contributed by atoms with Gasteiger partial charge in [0.25, 0.3) is 0 Å². The lowest BCUT2D eigenvalue weighted by atomic mass is 10.0. The van der Waals surface area contributed by atoms with Crippen LogP contribution >= 0.6 is 11.8 Å². The summed E-state index contributed by atoms with van der Waals surface area (Å²) < 4.78 is 10.6. The molecule has 0 fully saturated rings. The van der Waals surface area contributed by atoms with Gasteiger partial charge in [0, 0.05) is 4.90 Å². The number of amides is 1. The van der Waals surface area contributed by atoms with Crippen molar-refractivity contribution in [2.45, 2.75) is 76.2 Å². The van der Waals surface area contributed by atoms with Crippen molar-refractivity contribution in [3.63, 3.8) is 0 Å². The highest BCUT2D eigenvalue weighted by molar-refractivity contribution is 7.98. The van der Waals surface area contributed by atoms with Crippen molar-refractivity contribution in [1.82, 2.24) is 15.5 Å². The highest BCUT2D eigenvalue weighted by Gasteiger charge is 2.30. The quantitative estimate of drug-likeness (QED) is 0.678. The number of nitrogens with zero attached hydrogens (tertiary/aromatic N) is 2. The molecule has 0 saturated heterocycles. The standard InChI is InChI=1S/C20H29N3O3S/c1-13(2)14-8-10-15(11-9-14)27-12-16-21-17(23-26-16)20(6,7)22-18(24)25-19(3,4)5/h8-11,13H,12H2,1-7H3,(H,22,24). The molecule has 0 aliphatic heterocycles. The van der Waals surface area contributed by atoms with Gasteiger partial charge in [0.15, 0.2) is 5.82 Å². The summed E-state index contributed by atoms with van der Waals surface area (Å²) in [5.74, 6) is 2.01. The van der Waals surface area contributed by atoms with E-state index in [1.807, 2.05) is 34.6 Å². The smallest absolute Gasteiger partial charge is 0.408 e. The van der Waals surface area contributed by atoms with Crippen LogP contribution in [-0.4, -0.2) is 21.8 Å². The lowest BCUT2D eigenvalue weighted by Gasteiger charge is -2.26. The predicted octanol–water partition coefficient (Wildman–Crippen LogP) is 5.25. The predicted molar refractivity (Wildman–Crippen MR) is 107 cm³/mol. The molecule has 6 nitrogen and oxygen atoms in total. The van der Waals surface area contributed by atoms with Crippen LogP contribution in [0, 0.1) is 0 Å². The van der Waals surface area contributed by atoms with Gasteiger partial charge >= 0.3 is 6.09 Å². The molecular formula is C20H29N3O3S. The fourth-order valence-electron chi connectivity index (χ4n) is 2.28. The average Bonchev–Trinajstić information content (AvgIpc) is 3.00. The van der Waals surface area contributed by atoms with Crippen LogP contribution in [0.2, 0.25) is 0 Å². The summed E-state index contributed by atoms with van der Waals surface area (Å²) in [6.45, 7) is 13.4. The van der Waals surface area contributed by atoms with E-state index in [1.165, 1.54) is 5.56 Å². The second-order valence-electron chi connectivity index (χ2n) is 8.28. The Morgan fingerprint density at radius 2 is 1.81 bits per heavy atom. The summed E-state index contributed by atoms with van der Waals surface area (Å²) in [5.41, 5.74) is -0.0488. The number of carbonyl (C=O) groups excluding carboxylic acids is 1. The van der Waals surface area contributed by atoms with E-state index in [9.17, 15) is 4.79 Å². The number of rotatable bonds is 6. The van der Waals surface area contributed by atoms with Gasteiger partial charge in [-0.15, -0.1) is 11.8 Å². The molecule has 0 unspecified atom stereocenters. The first kappa shape index (κ1) is 21.3. The van der Waals surface area contributed by atoms with Crippen LogP contribution in [0.25, 0.3) is 0 Å². The van der Waals surface area contributed by atoms with E-state index in [0.717, 1.165) is 4.90 Å². The van der Waals surface area contributed by atoms with E-state index >= 15 is 0 Å². The topological polar surface area (TPSA) is 77.2 Å². The Kier molecular flexibility index (Phi) is 6.57. The lowest BCUT2D eigenvalue weighted by Crippen LogP contribution is -2.44. The van der Waals surface area contributed by atoms with Crippen LogP contribution in [0.4, 0.5) is 4.79 Å². The van der Waals surface area contributed by atoms with E-state index in [1.54, 1.807) is 11.8 Å². The molecular weight excluding hydrogens is 362 g/mol. The number of hydrogen-bond donors (Lipinski definition) is 1. The molecule has 1 heterocycles. The minimum atomic E-state index is -0.798. The number of nitrogens with one attached hydrogen (secondary N) is 1. The van der Waals surface area contributed by atoms with Crippen molar-refractivity contribution in [1.29, 1.82) is 0 Å². The molecule has 27 heavy (non-hydrogen) atoms. The molecule has 0 bridgehead atoms. The largest absolute Gasteiger partial charge is 0.444 e. The molecule has 148 valence electrons.